The van der Waals surface area contributed by atoms with Gasteiger partial charge in [-0.05, 0) is 71.5 Å². The van der Waals surface area contributed by atoms with Gasteiger partial charge in [0.05, 0.1) is 17.1 Å². The zero-order valence-corrected chi connectivity index (χ0v) is 25.0. The van der Waals surface area contributed by atoms with E-state index in [4.69, 9.17) is 0 Å². The molecule has 0 bridgehead atoms. The predicted octanol–water partition coefficient (Wildman–Crippen LogP) is 4.37. The zero-order valence-electron chi connectivity index (χ0n) is 24.2. The van der Waals surface area contributed by atoms with Gasteiger partial charge in [-0.3, -0.25) is 9.59 Å². The van der Waals surface area contributed by atoms with Crippen molar-refractivity contribution >= 4 is 27.7 Å². The van der Waals surface area contributed by atoms with Gasteiger partial charge < -0.3 is 20.5 Å². The van der Waals surface area contributed by atoms with Gasteiger partial charge in [0.1, 0.15) is 0 Å². The van der Waals surface area contributed by atoms with Crippen LogP contribution in [0, 0.1) is 13.8 Å². The number of hydrogen-bond donors (Lipinski definition) is 3. The minimum Gasteiger partial charge on any atom is -0.358 e. The number of H-pyrrole nitrogens is 1. The fraction of sp³-hybridized carbons (Fsp3) is 0.467. The predicted molar refractivity (Wildman–Crippen MR) is 160 cm³/mol. The highest BCUT2D eigenvalue weighted by atomic mass is 32.2. The van der Waals surface area contributed by atoms with Gasteiger partial charge in [-0.1, -0.05) is 55.4 Å². The lowest BCUT2D eigenvalue weighted by molar-refractivity contribution is -0.116. The van der Waals surface area contributed by atoms with Crippen LogP contribution in [0.2, 0.25) is 0 Å². The zero-order chi connectivity index (χ0) is 29.0. The van der Waals surface area contributed by atoms with Crippen LogP contribution in [0.5, 0.6) is 0 Å². The summed E-state index contributed by atoms with van der Waals surface area (Å²) >= 11 is 0. The molecule has 9 heteroatoms. The molecule has 8 nitrogen and oxygen atoms in total. The van der Waals surface area contributed by atoms with Crippen LogP contribution in [0.1, 0.15) is 67.8 Å². The van der Waals surface area contributed by atoms with Crippen LogP contribution in [0.25, 0.3) is 6.08 Å². The number of hydrogen-bond acceptors (Lipinski definition) is 5. The number of nitrogens with zero attached hydrogens (tertiary/aromatic N) is 1. The summed E-state index contributed by atoms with van der Waals surface area (Å²) in [7, 11) is -3.37. The number of likely N-dealkylation sites (N-methyl/N-ethyl adjacent to an activating group) is 1. The lowest BCUT2D eigenvalue weighted by atomic mass is 10.0. The van der Waals surface area contributed by atoms with E-state index in [2.05, 4.69) is 34.4 Å². The number of amides is 2. The molecule has 2 rings (SSSR count). The van der Waals surface area contributed by atoms with Crippen molar-refractivity contribution in [1.82, 2.24) is 20.5 Å². The molecule has 3 N–H and O–H groups in total. The SMILES string of the molecule is C/C=C/NC(=O)C(=C\c1[nH]c(C)c(C(=O)NCCN(CC)CC)c1C)/C=C/CS(=O)(=O)CC1=CC=C(C)CC1. The van der Waals surface area contributed by atoms with Gasteiger partial charge in [0.2, 0.25) is 0 Å². The molecule has 0 saturated heterocycles. The molecule has 0 unspecified atom stereocenters. The Balaban J connectivity index is 2.23. The second-order valence-electron chi connectivity index (χ2n) is 9.81. The van der Waals surface area contributed by atoms with Gasteiger partial charge in [0.15, 0.2) is 9.84 Å². The van der Waals surface area contributed by atoms with E-state index in [9.17, 15) is 18.0 Å². The average Bonchev–Trinajstić information content (AvgIpc) is 3.17. The van der Waals surface area contributed by atoms with Crippen LogP contribution in [0.15, 0.2) is 53.3 Å². The van der Waals surface area contributed by atoms with Crippen LogP contribution in [-0.2, 0) is 14.6 Å². The molecular formula is C30H44N4O4S. The van der Waals surface area contributed by atoms with Crippen molar-refractivity contribution in [2.24, 2.45) is 0 Å². The summed E-state index contributed by atoms with van der Waals surface area (Å²) in [5.74, 6) is -0.720. The number of aromatic amines is 1. The normalized spacial score (nSPS) is 14.7. The highest BCUT2D eigenvalue weighted by Crippen LogP contribution is 2.22. The Kier molecular flexibility index (Phi) is 12.7. The Morgan fingerprint density at radius 3 is 2.44 bits per heavy atom. The molecule has 39 heavy (non-hydrogen) atoms. The number of aryl methyl sites for hydroxylation is 1. The minimum absolute atomic E-state index is 0.00656. The molecule has 2 amide bonds. The highest BCUT2D eigenvalue weighted by molar-refractivity contribution is 7.91. The second kappa shape index (κ2) is 15.4. The summed E-state index contributed by atoms with van der Waals surface area (Å²) in [5, 5.41) is 5.67. The Labute approximate surface area is 233 Å². The first kappa shape index (κ1) is 32.0. The first-order valence-electron chi connectivity index (χ1n) is 13.6. The summed E-state index contributed by atoms with van der Waals surface area (Å²) in [6.45, 7) is 14.8. The molecule has 1 aliphatic rings. The van der Waals surface area contributed by atoms with Crippen molar-refractivity contribution in [3.05, 3.63) is 75.8 Å². The Morgan fingerprint density at radius 2 is 1.82 bits per heavy atom. The molecule has 0 radical (unpaired) electrons. The van der Waals surface area contributed by atoms with E-state index in [-0.39, 0.29) is 28.9 Å². The van der Waals surface area contributed by atoms with Gasteiger partial charge in [-0.25, -0.2) is 8.42 Å². The molecule has 0 aromatic carbocycles. The van der Waals surface area contributed by atoms with Crippen molar-refractivity contribution in [2.45, 2.75) is 54.4 Å². The van der Waals surface area contributed by atoms with Gasteiger partial charge in [-0.15, -0.1) is 0 Å². The van der Waals surface area contributed by atoms with Crippen molar-refractivity contribution in [1.29, 1.82) is 0 Å². The first-order chi connectivity index (χ1) is 18.5. The Hall–Kier alpha value is -3.17. The molecule has 1 heterocycles. The van der Waals surface area contributed by atoms with Crippen molar-refractivity contribution in [2.75, 3.05) is 37.7 Å². The van der Waals surface area contributed by atoms with Gasteiger partial charge in [0, 0.05) is 30.1 Å². The number of aromatic nitrogens is 1. The molecule has 0 atom stereocenters. The smallest absolute Gasteiger partial charge is 0.255 e. The standard InChI is InChI=1S/C30H44N4O4S/c1-7-16-31-29(35)26(11-10-19-39(37,38)21-25-14-12-22(4)13-15-25)20-27-23(5)28(24(6)33-27)30(36)32-17-18-34(8-2)9-3/h7,10-12,14,16,20,33H,8-9,13,15,17-19,21H2,1-6H3,(H,31,35)(H,32,36)/b11-10+,16-7+,26-20-. The van der Waals surface area contributed by atoms with Crippen LogP contribution in [0.3, 0.4) is 0 Å². The van der Waals surface area contributed by atoms with E-state index in [0.717, 1.165) is 43.6 Å². The third-order valence-corrected chi connectivity index (χ3v) is 8.26. The van der Waals surface area contributed by atoms with E-state index in [1.807, 2.05) is 32.9 Å². The molecule has 0 saturated carbocycles. The monoisotopic (exact) mass is 556 g/mol. The molecule has 1 aliphatic carbocycles. The number of sulfone groups is 1. The van der Waals surface area contributed by atoms with E-state index < -0.39 is 9.84 Å². The highest BCUT2D eigenvalue weighted by Gasteiger charge is 2.19. The molecule has 0 aliphatic heterocycles. The van der Waals surface area contributed by atoms with Crippen molar-refractivity contribution < 1.29 is 18.0 Å². The van der Waals surface area contributed by atoms with E-state index in [1.54, 1.807) is 19.1 Å². The molecule has 214 valence electrons. The quantitative estimate of drug-likeness (QED) is 0.233. The maximum atomic E-state index is 12.9. The lowest BCUT2D eigenvalue weighted by Gasteiger charge is -2.18. The van der Waals surface area contributed by atoms with E-state index >= 15 is 0 Å². The summed E-state index contributed by atoms with van der Waals surface area (Å²) < 4.78 is 25.4. The minimum atomic E-state index is -3.37. The fourth-order valence-corrected chi connectivity index (χ4v) is 5.68. The third kappa shape index (κ3) is 10.1. The Morgan fingerprint density at radius 1 is 1.10 bits per heavy atom. The van der Waals surface area contributed by atoms with Gasteiger partial charge in [0.25, 0.3) is 11.8 Å². The topological polar surface area (TPSA) is 111 Å². The lowest BCUT2D eigenvalue weighted by Crippen LogP contribution is -2.35. The fourth-order valence-electron chi connectivity index (χ4n) is 4.37. The number of carbonyl (C=O) groups is 2. The first-order valence-corrected chi connectivity index (χ1v) is 15.4. The van der Waals surface area contributed by atoms with Gasteiger partial charge >= 0.3 is 0 Å². The van der Waals surface area contributed by atoms with Crippen molar-refractivity contribution in [3.63, 3.8) is 0 Å². The number of allylic oxidation sites excluding steroid dienone is 4. The molecule has 1 aromatic rings. The number of nitrogens with one attached hydrogen (secondary N) is 3. The number of rotatable bonds is 14. The van der Waals surface area contributed by atoms with Gasteiger partial charge in [-0.2, -0.15) is 0 Å². The third-order valence-electron chi connectivity index (χ3n) is 6.75. The second-order valence-corrected chi connectivity index (χ2v) is 11.9. The molecule has 1 aromatic heterocycles. The van der Waals surface area contributed by atoms with Crippen LogP contribution < -0.4 is 10.6 Å². The van der Waals surface area contributed by atoms with Crippen molar-refractivity contribution in [3.8, 4) is 0 Å². The molecule has 0 spiro atoms. The maximum Gasteiger partial charge on any atom is 0.255 e. The summed E-state index contributed by atoms with van der Waals surface area (Å²) in [6.07, 6.45) is 13.4. The summed E-state index contributed by atoms with van der Waals surface area (Å²) in [4.78, 5) is 31.2. The average molecular weight is 557 g/mol. The Bertz CT molecular complexity index is 1280. The van der Waals surface area contributed by atoms with Crippen LogP contribution in [0.4, 0.5) is 0 Å². The summed E-state index contributed by atoms with van der Waals surface area (Å²) in [6, 6.07) is 0. The number of carbonyl (C=O) groups excluding carboxylic acids is 2. The van der Waals surface area contributed by atoms with Crippen LogP contribution >= 0.6 is 0 Å². The van der Waals surface area contributed by atoms with E-state index in [0.29, 0.717) is 23.5 Å². The largest absolute Gasteiger partial charge is 0.358 e. The maximum absolute atomic E-state index is 12.9. The molecular weight excluding hydrogens is 512 g/mol. The van der Waals surface area contributed by atoms with E-state index in [1.165, 1.54) is 23.9 Å². The molecule has 0 fully saturated rings. The summed E-state index contributed by atoms with van der Waals surface area (Å²) in [5.41, 5.74) is 5.00. The van der Waals surface area contributed by atoms with Crippen LogP contribution in [-0.4, -0.2) is 67.8 Å².